The van der Waals surface area contributed by atoms with Crippen LogP contribution in [0.2, 0.25) is 0 Å². The van der Waals surface area contributed by atoms with Crippen molar-refractivity contribution in [1.29, 1.82) is 0 Å². The molecule has 6 aromatic rings. The summed E-state index contributed by atoms with van der Waals surface area (Å²) in [5.41, 5.74) is 0.525. The number of nitrogens with zero attached hydrogens (tertiary/aromatic N) is 1. The molecule has 59 heavy (non-hydrogen) atoms. The van der Waals surface area contributed by atoms with E-state index >= 15 is 0 Å². The second-order valence-electron chi connectivity index (χ2n) is 13.1. The number of carbonyl (C=O) groups excluding carboxylic acids is 8. The minimum atomic E-state index is -0.822. The minimum absolute atomic E-state index is 0.0199. The van der Waals surface area contributed by atoms with Gasteiger partial charge in [-0.1, -0.05) is 36.4 Å². The van der Waals surface area contributed by atoms with Gasteiger partial charge in [0.2, 0.25) is 0 Å². The number of para-hydroxylation sites is 4. The van der Waals surface area contributed by atoms with Crippen molar-refractivity contribution in [2.75, 3.05) is 15.5 Å². The number of hydrogen-bond acceptors (Lipinski definition) is 12. The molecule has 6 aromatic carbocycles. The second-order valence-corrected chi connectivity index (χ2v) is 13.1. The van der Waals surface area contributed by atoms with E-state index in [0.29, 0.717) is 0 Å². The van der Waals surface area contributed by atoms with Gasteiger partial charge in [-0.2, -0.15) is 0 Å². The monoisotopic (exact) mass is 785 g/mol. The first-order valence-corrected chi connectivity index (χ1v) is 17.6. The van der Waals surface area contributed by atoms with Crippen LogP contribution in [-0.4, -0.2) is 47.5 Å². The van der Waals surface area contributed by atoms with E-state index in [-0.39, 0.29) is 84.6 Å². The molecule has 0 radical (unpaired) electrons. The summed E-state index contributed by atoms with van der Waals surface area (Å²) in [6.07, 6.45) is 0. The smallest absolute Gasteiger partial charge is 0.347 e. The summed E-state index contributed by atoms with van der Waals surface area (Å²) >= 11 is 0. The molecule has 3 aliphatic heterocycles. The number of cyclic esters (lactones) is 4. The molecule has 0 aliphatic carbocycles. The lowest BCUT2D eigenvalue weighted by molar-refractivity contribution is 0.0425. The van der Waals surface area contributed by atoms with Crippen molar-refractivity contribution in [3.05, 3.63) is 172 Å². The Balaban J connectivity index is 1.03. The fourth-order valence-electron chi connectivity index (χ4n) is 6.64. The van der Waals surface area contributed by atoms with E-state index in [0.717, 1.165) is 4.90 Å². The number of ether oxygens (including phenoxy) is 4. The number of nitrogens with one attached hydrogen (secondary N) is 2. The van der Waals surface area contributed by atoms with Crippen molar-refractivity contribution in [2.45, 2.75) is 0 Å². The van der Waals surface area contributed by atoms with Gasteiger partial charge < -0.3 is 29.6 Å². The summed E-state index contributed by atoms with van der Waals surface area (Å²) in [5, 5.41) is 5.49. The van der Waals surface area contributed by atoms with Gasteiger partial charge in [0.1, 0.15) is 11.5 Å². The van der Waals surface area contributed by atoms with Gasteiger partial charge >= 0.3 is 23.9 Å². The first kappa shape index (κ1) is 35.9. The van der Waals surface area contributed by atoms with E-state index in [1.54, 1.807) is 60.7 Å². The van der Waals surface area contributed by atoms with E-state index in [1.807, 2.05) is 0 Å². The van der Waals surface area contributed by atoms with Crippen LogP contribution in [0.4, 0.5) is 17.1 Å². The molecule has 3 aliphatic rings. The van der Waals surface area contributed by atoms with Crippen molar-refractivity contribution in [3.63, 3.8) is 0 Å². The number of fused-ring (bicyclic) bond motifs is 3. The molecule has 286 valence electrons. The summed E-state index contributed by atoms with van der Waals surface area (Å²) in [4.78, 5) is 104. The van der Waals surface area contributed by atoms with Crippen LogP contribution in [-0.2, 0) is 9.47 Å². The molecule has 4 amide bonds. The van der Waals surface area contributed by atoms with Crippen LogP contribution in [0.1, 0.15) is 82.9 Å². The van der Waals surface area contributed by atoms with Crippen molar-refractivity contribution in [2.24, 2.45) is 0 Å². The Kier molecular flexibility index (Phi) is 8.59. The van der Waals surface area contributed by atoms with E-state index in [4.69, 9.17) is 9.47 Å². The molecular weight excluding hydrogens is 762 g/mol. The molecule has 2 N–H and O–H groups in total. The third-order valence-electron chi connectivity index (χ3n) is 9.45. The highest BCUT2D eigenvalue weighted by atomic mass is 16.6. The van der Waals surface area contributed by atoms with Gasteiger partial charge in [-0.3, -0.25) is 19.2 Å². The molecule has 0 atom stereocenters. The van der Waals surface area contributed by atoms with Crippen LogP contribution in [0.5, 0.6) is 23.0 Å². The van der Waals surface area contributed by atoms with Crippen LogP contribution in [0.25, 0.3) is 0 Å². The lowest BCUT2D eigenvalue weighted by atomic mass is 10.1. The Morgan fingerprint density at radius 2 is 0.847 bits per heavy atom. The average Bonchev–Trinajstić information content (AvgIpc) is 3.79. The predicted octanol–water partition coefficient (Wildman–Crippen LogP) is 7.20. The minimum Gasteiger partial charge on any atom is -0.455 e. The first-order chi connectivity index (χ1) is 28.5. The SMILES string of the molecule is O=C(Nc1ccccc1Oc1ccc2c(c1)C(=O)OC2=O)c1cc(C(=O)Nc2ccccc2Oc2ccc3c(c2)C(=O)OC3=O)cc(N2C(=O)c3ccccc3C2=O)c1. The third kappa shape index (κ3) is 6.49. The molecule has 0 saturated heterocycles. The number of anilines is 3. The summed E-state index contributed by atoms with van der Waals surface area (Å²) < 4.78 is 21.3. The standard InChI is InChI=1S/C44H23N3O12/c48-37(45-33-9-3-5-11-35(33)56-25-13-15-29-31(20-25)43(54)58-41(29)52)22-17-23(19-24(18-22)47-39(50)27-7-1-2-8-28(27)40(47)51)38(49)46-34-10-4-6-12-36(34)57-26-14-16-30-32(21-26)44(55)59-42(30)53/h1-21H,(H,45,48)(H,46,49). The maximum atomic E-state index is 14.1. The van der Waals surface area contributed by atoms with Gasteiger partial charge in [-0.05, 0) is 91.0 Å². The van der Waals surface area contributed by atoms with Crippen molar-refractivity contribution in [3.8, 4) is 23.0 Å². The molecule has 0 unspecified atom stereocenters. The molecule has 0 spiro atoms. The van der Waals surface area contributed by atoms with Crippen molar-refractivity contribution in [1.82, 2.24) is 0 Å². The largest absolute Gasteiger partial charge is 0.455 e. The maximum Gasteiger partial charge on any atom is 0.347 e. The Morgan fingerprint density at radius 1 is 0.441 bits per heavy atom. The zero-order valence-corrected chi connectivity index (χ0v) is 30.0. The molecule has 0 bridgehead atoms. The van der Waals surface area contributed by atoms with Crippen LogP contribution >= 0.6 is 0 Å². The van der Waals surface area contributed by atoms with Gasteiger partial charge in [0.05, 0.1) is 50.4 Å². The highest BCUT2D eigenvalue weighted by Crippen LogP contribution is 2.36. The van der Waals surface area contributed by atoms with Crippen LogP contribution in [0.3, 0.4) is 0 Å². The molecule has 15 nitrogen and oxygen atoms in total. The Labute approximate surface area is 331 Å². The average molecular weight is 786 g/mol. The summed E-state index contributed by atoms with van der Waals surface area (Å²) in [6, 6.07) is 31.1. The Bertz CT molecular complexity index is 2730. The van der Waals surface area contributed by atoms with E-state index in [9.17, 15) is 38.4 Å². The lowest BCUT2D eigenvalue weighted by Crippen LogP contribution is -2.30. The number of esters is 4. The quantitative estimate of drug-likeness (QED) is 0.0850. The van der Waals surface area contributed by atoms with Crippen LogP contribution < -0.4 is 25.0 Å². The highest BCUT2D eigenvalue weighted by Gasteiger charge is 2.37. The van der Waals surface area contributed by atoms with E-state index in [2.05, 4.69) is 20.1 Å². The molecule has 3 heterocycles. The van der Waals surface area contributed by atoms with Gasteiger partial charge in [0.25, 0.3) is 23.6 Å². The Hall–Kier alpha value is -8.72. The van der Waals surface area contributed by atoms with E-state index in [1.165, 1.54) is 66.7 Å². The number of hydrogen-bond donors (Lipinski definition) is 2. The normalized spacial score (nSPS) is 13.7. The fraction of sp³-hybridized carbons (Fsp3) is 0. The number of rotatable bonds is 9. The molecule has 0 aromatic heterocycles. The summed E-state index contributed by atoms with van der Waals surface area (Å²) in [5.74, 6) is -5.39. The number of amides is 4. The van der Waals surface area contributed by atoms with E-state index < -0.39 is 47.5 Å². The maximum absolute atomic E-state index is 14.1. The van der Waals surface area contributed by atoms with Gasteiger partial charge in [-0.15, -0.1) is 0 Å². The number of benzene rings is 6. The zero-order valence-electron chi connectivity index (χ0n) is 30.0. The number of carbonyl (C=O) groups is 8. The molecular formula is C44H23N3O12. The molecule has 9 rings (SSSR count). The number of imide groups is 1. The summed E-state index contributed by atoms with van der Waals surface area (Å²) in [7, 11) is 0. The third-order valence-corrected chi connectivity index (χ3v) is 9.45. The van der Waals surface area contributed by atoms with Gasteiger partial charge in [0.15, 0.2) is 11.5 Å². The van der Waals surface area contributed by atoms with Crippen LogP contribution in [0, 0.1) is 0 Å². The van der Waals surface area contributed by atoms with Crippen molar-refractivity contribution >= 4 is 64.6 Å². The highest BCUT2D eigenvalue weighted by molar-refractivity contribution is 6.34. The zero-order chi connectivity index (χ0) is 40.9. The topological polar surface area (TPSA) is 201 Å². The fourth-order valence-corrected chi connectivity index (χ4v) is 6.64. The Morgan fingerprint density at radius 3 is 1.31 bits per heavy atom. The van der Waals surface area contributed by atoms with Gasteiger partial charge in [-0.25, -0.2) is 24.1 Å². The molecule has 15 heteroatoms. The molecule has 0 saturated carbocycles. The lowest BCUT2D eigenvalue weighted by Gasteiger charge is -2.18. The van der Waals surface area contributed by atoms with Gasteiger partial charge in [0, 0.05) is 11.1 Å². The van der Waals surface area contributed by atoms with Crippen molar-refractivity contribution < 1.29 is 57.3 Å². The first-order valence-electron chi connectivity index (χ1n) is 17.6. The predicted molar refractivity (Wildman–Crippen MR) is 205 cm³/mol. The molecule has 0 fully saturated rings. The summed E-state index contributed by atoms with van der Waals surface area (Å²) in [6.45, 7) is 0. The second kappa shape index (κ2) is 14.1. The van der Waals surface area contributed by atoms with Crippen LogP contribution in [0.15, 0.2) is 127 Å².